The van der Waals surface area contributed by atoms with Crippen molar-refractivity contribution in [3.05, 3.63) is 89.9 Å². The molecule has 176 valence electrons. The first-order valence-corrected chi connectivity index (χ1v) is 13.4. The maximum atomic E-state index is 13.1. The van der Waals surface area contributed by atoms with Crippen LogP contribution in [0.3, 0.4) is 0 Å². The maximum absolute atomic E-state index is 13.1. The lowest BCUT2D eigenvalue weighted by molar-refractivity contribution is 0.102. The normalized spacial score (nSPS) is 14.6. The van der Waals surface area contributed by atoms with Crippen LogP contribution < -0.4 is 0 Å². The van der Waals surface area contributed by atoms with Gasteiger partial charge in [-0.15, -0.1) is 10.2 Å². The van der Waals surface area contributed by atoms with Gasteiger partial charge in [0.1, 0.15) is 5.82 Å². The predicted octanol–water partition coefficient (Wildman–Crippen LogP) is 6.98. The van der Waals surface area contributed by atoms with E-state index < -0.39 is 0 Å². The van der Waals surface area contributed by atoms with Gasteiger partial charge in [-0.3, -0.25) is 4.79 Å². The molecular formula is C29H28N4OS. The summed E-state index contributed by atoms with van der Waals surface area (Å²) in [5, 5.41) is 13.6. The third-order valence-electron chi connectivity index (χ3n) is 7.13. The molecule has 5 aromatic rings. The molecule has 1 aliphatic rings. The lowest BCUT2D eigenvalue weighted by Crippen LogP contribution is -2.17. The highest BCUT2D eigenvalue weighted by atomic mass is 32.2. The number of carbonyl (C=O) groups excluding carboxylic acids is 1. The number of aromatic nitrogens is 4. The molecule has 0 spiro atoms. The molecule has 6 heteroatoms. The first kappa shape index (κ1) is 22.1. The number of hydrogen-bond donors (Lipinski definition) is 1. The van der Waals surface area contributed by atoms with E-state index in [9.17, 15) is 4.79 Å². The number of hydrogen-bond acceptors (Lipinski definition) is 4. The van der Waals surface area contributed by atoms with Gasteiger partial charge in [-0.25, -0.2) is 0 Å². The molecule has 3 aromatic carbocycles. The number of ketones is 1. The second-order valence-electron chi connectivity index (χ2n) is 9.34. The van der Waals surface area contributed by atoms with E-state index in [0.29, 0.717) is 11.8 Å². The number of aromatic amines is 1. The minimum absolute atomic E-state index is 0.112. The summed E-state index contributed by atoms with van der Waals surface area (Å²) in [5.74, 6) is 1.46. The highest BCUT2D eigenvalue weighted by Crippen LogP contribution is 2.34. The Balaban J connectivity index is 1.29. The molecule has 1 aliphatic carbocycles. The Hall–Kier alpha value is -3.38. The third kappa shape index (κ3) is 4.39. The standard InChI is InChI=1S/C29H28N4OS/c34-27(25-18-30-26-16-7-6-15-24(25)26)19-35-29-32-31-28(33(29)22-12-2-1-3-13-22)17-21-11-8-10-20-9-4-5-14-23(20)21/h4-11,14-16,18,22,30H,1-3,12-13,17,19H2. The van der Waals surface area contributed by atoms with E-state index >= 15 is 0 Å². The second-order valence-corrected chi connectivity index (χ2v) is 10.3. The summed E-state index contributed by atoms with van der Waals surface area (Å²) in [7, 11) is 0. The molecule has 1 fully saturated rings. The van der Waals surface area contributed by atoms with Crippen LogP contribution in [-0.2, 0) is 6.42 Å². The lowest BCUT2D eigenvalue weighted by Gasteiger charge is -2.25. The van der Waals surface area contributed by atoms with Gasteiger partial charge in [-0.1, -0.05) is 91.7 Å². The van der Waals surface area contributed by atoms with E-state index in [1.54, 1.807) is 0 Å². The van der Waals surface area contributed by atoms with E-state index in [4.69, 9.17) is 0 Å². The first-order valence-electron chi connectivity index (χ1n) is 12.4. The van der Waals surface area contributed by atoms with Crippen molar-refractivity contribution in [1.29, 1.82) is 0 Å². The van der Waals surface area contributed by atoms with E-state index in [0.717, 1.165) is 46.7 Å². The summed E-state index contributed by atoms with van der Waals surface area (Å²) in [6, 6.07) is 23.3. The number of para-hydroxylation sites is 1. The number of thioether (sulfide) groups is 1. The molecule has 35 heavy (non-hydrogen) atoms. The van der Waals surface area contributed by atoms with Crippen LogP contribution in [-0.4, -0.2) is 31.3 Å². The summed E-state index contributed by atoms with van der Waals surface area (Å²) in [4.78, 5) is 16.3. The van der Waals surface area contributed by atoms with Crippen molar-refractivity contribution in [2.75, 3.05) is 5.75 Å². The molecule has 2 aromatic heterocycles. The van der Waals surface area contributed by atoms with E-state index in [2.05, 4.69) is 62.2 Å². The minimum atomic E-state index is 0.112. The fourth-order valence-electron chi connectivity index (χ4n) is 5.36. The molecular weight excluding hydrogens is 452 g/mol. The summed E-state index contributed by atoms with van der Waals surface area (Å²) in [5.41, 5.74) is 3.00. The van der Waals surface area contributed by atoms with Crippen molar-refractivity contribution in [3.8, 4) is 0 Å². The van der Waals surface area contributed by atoms with Gasteiger partial charge in [-0.05, 0) is 35.2 Å². The number of fused-ring (bicyclic) bond motifs is 2. The summed E-state index contributed by atoms with van der Waals surface area (Å²) in [6.45, 7) is 0. The van der Waals surface area contributed by atoms with Gasteiger partial charge in [-0.2, -0.15) is 0 Å². The third-order valence-corrected chi connectivity index (χ3v) is 8.07. The number of Topliss-reactive ketones (excluding diaryl/α,β-unsaturated/α-hetero) is 1. The van der Waals surface area contributed by atoms with Crippen LogP contribution >= 0.6 is 11.8 Å². The Morgan fingerprint density at radius 3 is 2.57 bits per heavy atom. The lowest BCUT2D eigenvalue weighted by atomic mass is 9.95. The Morgan fingerprint density at radius 2 is 1.69 bits per heavy atom. The zero-order chi connectivity index (χ0) is 23.6. The number of carbonyl (C=O) groups is 1. The van der Waals surface area contributed by atoms with Crippen molar-refractivity contribution >= 4 is 39.2 Å². The quantitative estimate of drug-likeness (QED) is 0.202. The van der Waals surface area contributed by atoms with Gasteiger partial charge in [0.25, 0.3) is 0 Å². The van der Waals surface area contributed by atoms with Crippen LogP contribution in [0.25, 0.3) is 21.7 Å². The Kier molecular flexibility index (Phi) is 6.13. The Morgan fingerprint density at radius 1 is 0.914 bits per heavy atom. The fourth-order valence-corrected chi connectivity index (χ4v) is 6.27. The monoisotopic (exact) mass is 480 g/mol. The second kappa shape index (κ2) is 9.70. The van der Waals surface area contributed by atoms with Gasteiger partial charge in [0.15, 0.2) is 10.9 Å². The van der Waals surface area contributed by atoms with Crippen molar-refractivity contribution < 1.29 is 4.79 Å². The number of H-pyrrole nitrogens is 1. The molecule has 0 amide bonds. The predicted molar refractivity (Wildman–Crippen MR) is 142 cm³/mol. The average molecular weight is 481 g/mol. The highest BCUT2D eigenvalue weighted by Gasteiger charge is 2.24. The maximum Gasteiger partial charge on any atom is 0.191 e. The Bertz CT molecular complexity index is 1490. The molecule has 0 unspecified atom stereocenters. The Labute approximate surface area is 209 Å². The van der Waals surface area contributed by atoms with Crippen molar-refractivity contribution in [1.82, 2.24) is 19.7 Å². The molecule has 6 rings (SSSR count). The SMILES string of the molecule is O=C(CSc1nnc(Cc2cccc3ccccc23)n1C1CCCCC1)c1c[nH]c2ccccc12. The van der Waals surface area contributed by atoms with Crippen molar-refractivity contribution in [3.63, 3.8) is 0 Å². The zero-order valence-corrected chi connectivity index (χ0v) is 20.4. The summed E-state index contributed by atoms with van der Waals surface area (Å²) in [6.07, 6.45) is 8.60. The summed E-state index contributed by atoms with van der Waals surface area (Å²) < 4.78 is 2.34. The van der Waals surface area contributed by atoms with Gasteiger partial charge < -0.3 is 9.55 Å². The van der Waals surface area contributed by atoms with Crippen LogP contribution in [0.1, 0.15) is 59.9 Å². The number of nitrogens with one attached hydrogen (secondary N) is 1. The molecule has 1 saturated carbocycles. The molecule has 0 bridgehead atoms. The molecule has 1 N–H and O–H groups in total. The fraction of sp³-hybridized carbons (Fsp3) is 0.276. The molecule has 0 radical (unpaired) electrons. The van der Waals surface area contributed by atoms with Gasteiger partial charge in [0.05, 0.1) is 5.75 Å². The van der Waals surface area contributed by atoms with Crippen LogP contribution in [0.4, 0.5) is 0 Å². The average Bonchev–Trinajstić information content (AvgIpc) is 3.52. The highest BCUT2D eigenvalue weighted by molar-refractivity contribution is 7.99. The van der Waals surface area contributed by atoms with Crippen molar-refractivity contribution in [2.45, 2.75) is 49.7 Å². The van der Waals surface area contributed by atoms with E-state index in [1.165, 1.54) is 47.4 Å². The van der Waals surface area contributed by atoms with Gasteiger partial charge >= 0.3 is 0 Å². The molecule has 2 heterocycles. The number of benzene rings is 3. The molecule has 0 atom stereocenters. The van der Waals surface area contributed by atoms with Gasteiger partial charge in [0, 0.05) is 35.1 Å². The molecule has 0 saturated heterocycles. The topological polar surface area (TPSA) is 63.6 Å². The zero-order valence-electron chi connectivity index (χ0n) is 19.6. The van der Waals surface area contributed by atoms with Crippen LogP contribution in [0.2, 0.25) is 0 Å². The number of nitrogens with zero attached hydrogens (tertiary/aromatic N) is 3. The first-order chi connectivity index (χ1) is 17.3. The molecule has 5 nitrogen and oxygen atoms in total. The van der Waals surface area contributed by atoms with Crippen LogP contribution in [0.15, 0.2) is 78.1 Å². The number of rotatable bonds is 7. The smallest absolute Gasteiger partial charge is 0.191 e. The largest absolute Gasteiger partial charge is 0.360 e. The summed E-state index contributed by atoms with van der Waals surface area (Å²) >= 11 is 1.52. The van der Waals surface area contributed by atoms with Crippen molar-refractivity contribution in [2.24, 2.45) is 0 Å². The van der Waals surface area contributed by atoms with E-state index in [-0.39, 0.29) is 5.78 Å². The van der Waals surface area contributed by atoms with E-state index in [1.807, 2.05) is 30.5 Å². The van der Waals surface area contributed by atoms with Crippen LogP contribution in [0, 0.1) is 0 Å². The van der Waals surface area contributed by atoms with Crippen LogP contribution in [0.5, 0.6) is 0 Å². The van der Waals surface area contributed by atoms with Gasteiger partial charge in [0.2, 0.25) is 0 Å². The molecule has 0 aliphatic heterocycles. The minimum Gasteiger partial charge on any atom is -0.360 e.